The van der Waals surface area contributed by atoms with Crippen molar-refractivity contribution in [3.63, 3.8) is 0 Å². The van der Waals surface area contributed by atoms with E-state index in [1.807, 2.05) is 6.92 Å². The maximum Gasteiger partial charge on any atom is 0.219 e. The predicted molar refractivity (Wildman–Crippen MR) is 51.7 cm³/mol. The lowest BCUT2D eigenvalue weighted by Gasteiger charge is -2.05. The standard InChI is InChI=1S/C9H19NO4/c1-2-4-12-6-7-14-8-13-5-3-9(10)11/h2-8H2,1H3,(H2,10,11). The van der Waals surface area contributed by atoms with Gasteiger partial charge in [-0.05, 0) is 6.42 Å². The second kappa shape index (κ2) is 10.4. The van der Waals surface area contributed by atoms with Crippen molar-refractivity contribution in [2.24, 2.45) is 5.73 Å². The van der Waals surface area contributed by atoms with Crippen molar-refractivity contribution in [3.8, 4) is 0 Å². The molecule has 0 spiro atoms. The Morgan fingerprint density at radius 2 is 1.71 bits per heavy atom. The third kappa shape index (κ3) is 11.4. The Hall–Kier alpha value is -0.650. The van der Waals surface area contributed by atoms with Crippen LogP contribution in [0.4, 0.5) is 0 Å². The van der Waals surface area contributed by atoms with Gasteiger partial charge in [0.15, 0.2) is 0 Å². The molecule has 0 saturated heterocycles. The van der Waals surface area contributed by atoms with Crippen LogP contribution in [0.15, 0.2) is 0 Å². The van der Waals surface area contributed by atoms with E-state index in [2.05, 4.69) is 0 Å². The molecule has 0 radical (unpaired) electrons. The van der Waals surface area contributed by atoms with E-state index in [-0.39, 0.29) is 19.1 Å². The van der Waals surface area contributed by atoms with Crippen LogP contribution in [0.3, 0.4) is 0 Å². The molecular weight excluding hydrogens is 186 g/mol. The Morgan fingerprint density at radius 3 is 2.36 bits per heavy atom. The Labute approximate surface area is 84.5 Å². The second-order valence-electron chi connectivity index (χ2n) is 2.76. The fourth-order valence-corrected chi connectivity index (χ4v) is 0.714. The molecule has 5 nitrogen and oxygen atoms in total. The van der Waals surface area contributed by atoms with Gasteiger partial charge in [-0.2, -0.15) is 0 Å². The normalized spacial score (nSPS) is 10.4. The molecule has 84 valence electrons. The summed E-state index contributed by atoms with van der Waals surface area (Å²) in [6.07, 6.45) is 1.24. The van der Waals surface area contributed by atoms with Gasteiger partial charge in [-0.15, -0.1) is 0 Å². The van der Waals surface area contributed by atoms with Crippen LogP contribution < -0.4 is 5.73 Å². The largest absolute Gasteiger partial charge is 0.379 e. The van der Waals surface area contributed by atoms with Gasteiger partial charge in [0.05, 0.1) is 19.8 Å². The lowest BCUT2D eigenvalue weighted by molar-refractivity contribution is -0.121. The molecule has 0 unspecified atom stereocenters. The minimum absolute atomic E-state index is 0.183. The highest BCUT2D eigenvalue weighted by atomic mass is 16.7. The fraction of sp³-hybridized carbons (Fsp3) is 0.889. The summed E-state index contributed by atoms with van der Waals surface area (Å²) in [6.45, 7) is 4.39. The molecule has 0 aromatic carbocycles. The molecule has 0 bridgehead atoms. The third-order valence-corrected chi connectivity index (χ3v) is 1.38. The molecule has 0 aliphatic rings. The Kier molecular flexibility index (Phi) is 9.95. The maximum atomic E-state index is 10.3. The third-order valence-electron chi connectivity index (χ3n) is 1.38. The van der Waals surface area contributed by atoms with E-state index in [9.17, 15) is 4.79 Å². The molecule has 0 rings (SSSR count). The van der Waals surface area contributed by atoms with Gasteiger partial charge in [0.1, 0.15) is 6.79 Å². The van der Waals surface area contributed by atoms with Gasteiger partial charge in [-0.1, -0.05) is 6.92 Å². The van der Waals surface area contributed by atoms with Gasteiger partial charge in [0.25, 0.3) is 0 Å². The highest BCUT2D eigenvalue weighted by Gasteiger charge is 1.93. The van der Waals surface area contributed by atoms with E-state index in [0.29, 0.717) is 19.8 Å². The highest BCUT2D eigenvalue weighted by Crippen LogP contribution is 1.85. The van der Waals surface area contributed by atoms with Crippen LogP contribution in [0, 0.1) is 0 Å². The molecule has 5 heteroatoms. The predicted octanol–water partition coefficient (Wildman–Crippen LogP) is 0.279. The van der Waals surface area contributed by atoms with Gasteiger partial charge >= 0.3 is 0 Å². The summed E-state index contributed by atoms with van der Waals surface area (Å²) < 4.78 is 15.2. The molecule has 0 atom stereocenters. The molecule has 0 aliphatic heterocycles. The van der Waals surface area contributed by atoms with Crippen LogP contribution >= 0.6 is 0 Å². The number of nitrogens with two attached hydrogens (primary N) is 1. The van der Waals surface area contributed by atoms with Crippen molar-refractivity contribution in [1.29, 1.82) is 0 Å². The summed E-state index contributed by atoms with van der Waals surface area (Å²) in [5.74, 6) is -0.365. The molecule has 1 amide bonds. The van der Waals surface area contributed by atoms with Crippen molar-refractivity contribution >= 4 is 5.91 Å². The number of hydrogen-bond donors (Lipinski definition) is 1. The monoisotopic (exact) mass is 205 g/mol. The zero-order valence-corrected chi connectivity index (χ0v) is 8.66. The SMILES string of the molecule is CCCOCCOCOCCC(N)=O. The highest BCUT2D eigenvalue weighted by molar-refractivity contribution is 5.73. The van der Waals surface area contributed by atoms with Crippen molar-refractivity contribution in [1.82, 2.24) is 0 Å². The molecular formula is C9H19NO4. The summed E-state index contributed by atoms with van der Waals surface area (Å²) in [4.78, 5) is 10.3. The molecule has 14 heavy (non-hydrogen) atoms. The molecule has 0 aromatic heterocycles. The number of rotatable bonds is 10. The van der Waals surface area contributed by atoms with E-state index in [4.69, 9.17) is 19.9 Å². The van der Waals surface area contributed by atoms with Gasteiger partial charge < -0.3 is 19.9 Å². The minimum Gasteiger partial charge on any atom is -0.379 e. The van der Waals surface area contributed by atoms with E-state index < -0.39 is 0 Å². The van der Waals surface area contributed by atoms with E-state index in [0.717, 1.165) is 13.0 Å². The summed E-state index contributed by atoms with van der Waals surface area (Å²) in [5.41, 5.74) is 4.91. The zero-order chi connectivity index (χ0) is 10.6. The number of hydrogen-bond acceptors (Lipinski definition) is 4. The first-order valence-electron chi connectivity index (χ1n) is 4.79. The topological polar surface area (TPSA) is 70.8 Å². The first-order valence-corrected chi connectivity index (χ1v) is 4.79. The van der Waals surface area contributed by atoms with Gasteiger partial charge in [-0.25, -0.2) is 0 Å². The van der Waals surface area contributed by atoms with Crippen molar-refractivity contribution in [3.05, 3.63) is 0 Å². The Balaban J connectivity index is 2.88. The van der Waals surface area contributed by atoms with Crippen LogP contribution in [0.2, 0.25) is 0 Å². The van der Waals surface area contributed by atoms with Gasteiger partial charge in [0.2, 0.25) is 5.91 Å². The quantitative estimate of drug-likeness (QED) is 0.411. The Bertz CT molecular complexity index is 141. The lowest BCUT2D eigenvalue weighted by atomic mass is 10.4. The Morgan fingerprint density at radius 1 is 1.07 bits per heavy atom. The minimum atomic E-state index is -0.365. The fourth-order valence-electron chi connectivity index (χ4n) is 0.714. The van der Waals surface area contributed by atoms with Crippen LogP contribution in [-0.4, -0.2) is 39.1 Å². The summed E-state index contributed by atoms with van der Waals surface area (Å²) in [6, 6.07) is 0. The van der Waals surface area contributed by atoms with Gasteiger partial charge in [-0.3, -0.25) is 4.79 Å². The number of carbonyl (C=O) groups is 1. The molecule has 0 fully saturated rings. The van der Waals surface area contributed by atoms with Crippen LogP contribution in [0.25, 0.3) is 0 Å². The molecule has 0 aromatic rings. The van der Waals surface area contributed by atoms with E-state index >= 15 is 0 Å². The maximum absolute atomic E-state index is 10.3. The first-order chi connectivity index (χ1) is 6.77. The number of ether oxygens (including phenoxy) is 3. The average Bonchev–Trinajstić information content (AvgIpc) is 2.15. The van der Waals surface area contributed by atoms with Gasteiger partial charge in [0, 0.05) is 13.0 Å². The number of primary amides is 1. The number of amides is 1. The smallest absolute Gasteiger partial charge is 0.219 e. The van der Waals surface area contributed by atoms with Crippen LogP contribution in [0.1, 0.15) is 19.8 Å². The summed E-state index contributed by atoms with van der Waals surface area (Å²) in [7, 11) is 0. The van der Waals surface area contributed by atoms with Crippen molar-refractivity contribution < 1.29 is 19.0 Å². The van der Waals surface area contributed by atoms with Crippen molar-refractivity contribution in [2.45, 2.75) is 19.8 Å². The molecule has 0 heterocycles. The van der Waals surface area contributed by atoms with E-state index in [1.54, 1.807) is 0 Å². The summed E-state index contributed by atoms with van der Waals surface area (Å²) >= 11 is 0. The van der Waals surface area contributed by atoms with Crippen LogP contribution in [-0.2, 0) is 19.0 Å². The lowest BCUT2D eigenvalue weighted by Crippen LogP contribution is -2.15. The zero-order valence-electron chi connectivity index (χ0n) is 8.66. The second-order valence-corrected chi connectivity index (χ2v) is 2.76. The molecule has 2 N–H and O–H groups in total. The number of carbonyl (C=O) groups excluding carboxylic acids is 1. The molecule has 0 aliphatic carbocycles. The average molecular weight is 205 g/mol. The van der Waals surface area contributed by atoms with E-state index in [1.165, 1.54) is 0 Å². The van der Waals surface area contributed by atoms with Crippen molar-refractivity contribution in [2.75, 3.05) is 33.2 Å². The van der Waals surface area contributed by atoms with Crippen LogP contribution in [0.5, 0.6) is 0 Å². The summed E-state index contributed by atoms with van der Waals surface area (Å²) in [5, 5.41) is 0. The molecule has 0 saturated carbocycles. The first kappa shape index (κ1) is 13.4.